The smallest absolute Gasteiger partial charge is 0.227 e. The summed E-state index contributed by atoms with van der Waals surface area (Å²) >= 11 is 0. The molecule has 6 heteroatoms. The lowest BCUT2D eigenvalue weighted by Gasteiger charge is -2.09. The zero-order chi connectivity index (χ0) is 21.2. The molecule has 0 unspecified atom stereocenters. The van der Waals surface area contributed by atoms with Crippen LogP contribution >= 0.6 is 0 Å². The Labute approximate surface area is 171 Å². The first kappa shape index (κ1) is 22.7. The van der Waals surface area contributed by atoms with Gasteiger partial charge in [-0.25, -0.2) is 0 Å². The molecule has 1 aromatic heterocycles. The van der Waals surface area contributed by atoms with E-state index in [1.807, 2.05) is 0 Å². The fourth-order valence-corrected chi connectivity index (χ4v) is 3.38. The van der Waals surface area contributed by atoms with Crippen LogP contribution in [0.25, 0.3) is 11.3 Å². The highest BCUT2D eigenvalue weighted by Gasteiger charge is 2.17. The molecule has 2 rings (SSSR count). The Bertz CT molecular complexity index is 817. The van der Waals surface area contributed by atoms with Crippen LogP contribution in [0.2, 0.25) is 0 Å². The zero-order valence-electron chi connectivity index (χ0n) is 17.1. The van der Waals surface area contributed by atoms with Gasteiger partial charge in [-0.3, -0.25) is 4.79 Å². The Hall–Kier alpha value is -2.63. The normalized spacial score (nSPS) is 11.1. The van der Waals surface area contributed by atoms with E-state index >= 15 is 0 Å². The van der Waals surface area contributed by atoms with Crippen LogP contribution in [-0.4, -0.2) is 20.4 Å². The first-order chi connectivity index (χ1) is 13.9. The maximum Gasteiger partial charge on any atom is 0.227 e. The van der Waals surface area contributed by atoms with Crippen LogP contribution in [0.15, 0.2) is 27.4 Å². The molecular formula is C23H32O6. The van der Waals surface area contributed by atoms with E-state index in [1.54, 1.807) is 0 Å². The topological polar surface area (TPSA) is 111 Å². The van der Waals surface area contributed by atoms with Crippen molar-refractivity contribution < 1.29 is 24.8 Å². The third-order valence-corrected chi connectivity index (χ3v) is 5.08. The first-order valence-electron chi connectivity index (χ1n) is 10.5. The molecule has 0 radical (unpaired) electrons. The number of hydrogen-bond donors (Lipinski definition) is 4. The molecule has 4 N–H and O–H groups in total. The molecule has 0 aliphatic rings. The van der Waals surface area contributed by atoms with Gasteiger partial charge >= 0.3 is 0 Å². The highest BCUT2D eigenvalue weighted by Crippen LogP contribution is 2.40. The fourth-order valence-electron chi connectivity index (χ4n) is 3.38. The number of aryl methyl sites for hydroxylation is 1. The summed E-state index contributed by atoms with van der Waals surface area (Å²) in [6.07, 6.45) is 12.6. The molecule has 0 saturated heterocycles. The quantitative estimate of drug-likeness (QED) is 0.271. The van der Waals surface area contributed by atoms with E-state index in [-0.39, 0.29) is 11.3 Å². The number of benzene rings is 1. The van der Waals surface area contributed by atoms with Crippen LogP contribution in [0.1, 0.15) is 76.9 Å². The van der Waals surface area contributed by atoms with Crippen LogP contribution in [0.4, 0.5) is 0 Å². The van der Waals surface area contributed by atoms with Crippen molar-refractivity contribution in [3.8, 4) is 34.3 Å². The summed E-state index contributed by atoms with van der Waals surface area (Å²) in [4.78, 5) is 12.1. The second-order valence-corrected chi connectivity index (χ2v) is 7.55. The molecule has 0 saturated carbocycles. The predicted octanol–water partition coefficient (Wildman–Crippen LogP) is 5.59. The number of aromatic hydroxyl groups is 4. The molecular weight excluding hydrogens is 372 g/mol. The molecule has 0 aliphatic heterocycles. The third-order valence-electron chi connectivity index (χ3n) is 5.08. The highest BCUT2D eigenvalue weighted by atomic mass is 16.4. The van der Waals surface area contributed by atoms with Gasteiger partial charge < -0.3 is 24.8 Å². The monoisotopic (exact) mass is 404 g/mol. The Morgan fingerprint density at radius 2 is 1.24 bits per heavy atom. The van der Waals surface area contributed by atoms with Gasteiger partial charge in [0.2, 0.25) is 11.2 Å². The molecule has 2 aromatic rings. The standard InChI is InChI=1S/C23H32O6/c1-2-3-4-5-6-7-8-9-10-11-12-17-15-20(26)22(28)23(29-17)16-13-18(24)21(27)19(25)14-16/h13-15,24-25,27-28H,2-12H2,1H3. The fraction of sp³-hybridized carbons (Fsp3) is 0.522. The van der Waals surface area contributed by atoms with Crippen LogP contribution in [0, 0.1) is 0 Å². The summed E-state index contributed by atoms with van der Waals surface area (Å²) in [5.41, 5.74) is -0.474. The lowest BCUT2D eigenvalue weighted by atomic mass is 10.0. The Balaban J connectivity index is 1.89. The van der Waals surface area contributed by atoms with Crippen molar-refractivity contribution in [1.29, 1.82) is 0 Å². The minimum absolute atomic E-state index is 0.109. The molecule has 0 aliphatic carbocycles. The summed E-state index contributed by atoms with van der Waals surface area (Å²) in [5.74, 6) is -2.10. The lowest BCUT2D eigenvalue weighted by molar-refractivity contribution is 0.367. The van der Waals surface area contributed by atoms with E-state index in [0.29, 0.717) is 12.2 Å². The largest absolute Gasteiger partial charge is 0.504 e. The highest BCUT2D eigenvalue weighted by molar-refractivity contribution is 5.70. The molecule has 0 fully saturated rings. The second-order valence-electron chi connectivity index (χ2n) is 7.55. The number of phenolic OH excluding ortho intramolecular Hbond substituents is 3. The van der Waals surface area contributed by atoms with Crippen molar-refractivity contribution in [3.05, 3.63) is 34.2 Å². The summed E-state index contributed by atoms with van der Waals surface area (Å²) in [6.45, 7) is 2.22. The third kappa shape index (κ3) is 6.73. The van der Waals surface area contributed by atoms with E-state index in [2.05, 4.69) is 6.92 Å². The Kier molecular flexibility index (Phi) is 8.90. The summed E-state index contributed by atoms with van der Waals surface area (Å²) in [5, 5.41) is 38.8. The van der Waals surface area contributed by atoms with Gasteiger partial charge in [0.1, 0.15) is 5.76 Å². The van der Waals surface area contributed by atoms with Gasteiger partial charge in [0, 0.05) is 18.1 Å². The molecule has 160 valence electrons. The molecule has 1 aromatic carbocycles. The van der Waals surface area contributed by atoms with Gasteiger partial charge in [-0.2, -0.15) is 0 Å². The number of phenols is 3. The van der Waals surface area contributed by atoms with E-state index < -0.39 is 28.4 Å². The average molecular weight is 405 g/mol. The maximum atomic E-state index is 12.1. The number of rotatable bonds is 12. The predicted molar refractivity (Wildman–Crippen MR) is 113 cm³/mol. The van der Waals surface area contributed by atoms with Crippen molar-refractivity contribution in [3.63, 3.8) is 0 Å². The van der Waals surface area contributed by atoms with Gasteiger partial charge in [0.15, 0.2) is 23.0 Å². The zero-order valence-corrected chi connectivity index (χ0v) is 17.1. The van der Waals surface area contributed by atoms with Crippen molar-refractivity contribution in [2.45, 2.75) is 77.6 Å². The van der Waals surface area contributed by atoms with Crippen LogP contribution in [-0.2, 0) is 6.42 Å². The summed E-state index contributed by atoms with van der Waals surface area (Å²) < 4.78 is 5.65. The maximum absolute atomic E-state index is 12.1. The van der Waals surface area contributed by atoms with E-state index in [1.165, 1.54) is 51.0 Å². The van der Waals surface area contributed by atoms with Crippen molar-refractivity contribution in [2.24, 2.45) is 0 Å². The lowest BCUT2D eigenvalue weighted by Crippen LogP contribution is -2.03. The van der Waals surface area contributed by atoms with E-state index in [9.17, 15) is 25.2 Å². The second kappa shape index (κ2) is 11.4. The van der Waals surface area contributed by atoms with Crippen molar-refractivity contribution >= 4 is 0 Å². The molecule has 1 heterocycles. The minimum atomic E-state index is -0.669. The van der Waals surface area contributed by atoms with Gasteiger partial charge in [0.25, 0.3) is 0 Å². The summed E-state index contributed by atoms with van der Waals surface area (Å²) in [6, 6.07) is 3.52. The van der Waals surface area contributed by atoms with Crippen LogP contribution in [0.5, 0.6) is 23.0 Å². The first-order valence-corrected chi connectivity index (χ1v) is 10.5. The molecule has 0 bridgehead atoms. The van der Waals surface area contributed by atoms with Crippen LogP contribution in [0.3, 0.4) is 0 Å². The molecule has 0 amide bonds. The minimum Gasteiger partial charge on any atom is -0.504 e. The van der Waals surface area contributed by atoms with E-state index in [4.69, 9.17) is 4.42 Å². The van der Waals surface area contributed by atoms with Gasteiger partial charge in [-0.15, -0.1) is 0 Å². The van der Waals surface area contributed by atoms with Crippen LogP contribution < -0.4 is 5.43 Å². The van der Waals surface area contributed by atoms with Crippen molar-refractivity contribution in [2.75, 3.05) is 0 Å². The van der Waals surface area contributed by atoms with E-state index in [0.717, 1.165) is 31.4 Å². The molecule has 29 heavy (non-hydrogen) atoms. The van der Waals surface area contributed by atoms with Gasteiger partial charge in [-0.1, -0.05) is 64.7 Å². The Morgan fingerprint density at radius 1 is 0.724 bits per heavy atom. The Morgan fingerprint density at radius 3 is 1.79 bits per heavy atom. The molecule has 0 spiro atoms. The number of unbranched alkanes of at least 4 members (excludes halogenated alkanes) is 9. The summed E-state index contributed by atoms with van der Waals surface area (Å²) in [7, 11) is 0. The van der Waals surface area contributed by atoms with Gasteiger partial charge in [0.05, 0.1) is 0 Å². The van der Waals surface area contributed by atoms with Gasteiger partial charge in [-0.05, 0) is 18.6 Å². The molecule has 0 atom stereocenters. The SMILES string of the molecule is CCCCCCCCCCCCc1cc(=O)c(O)c(-c2cc(O)c(O)c(O)c2)o1. The number of hydrogen-bond acceptors (Lipinski definition) is 6. The molecule has 6 nitrogen and oxygen atoms in total. The van der Waals surface area contributed by atoms with Crippen molar-refractivity contribution in [1.82, 2.24) is 0 Å². The average Bonchev–Trinajstić information content (AvgIpc) is 2.69.